The van der Waals surface area contributed by atoms with Gasteiger partial charge in [0, 0.05) is 6.42 Å². The zero-order valence-corrected chi connectivity index (χ0v) is 11.6. The molecule has 0 heterocycles. The van der Waals surface area contributed by atoms with Crippen LogP contribution in [0.3, 0.4) is 0 Å². The normalized spacial score (nSPS) is 11.6. The molecular formula is C16H15NO5. The highest BCUT2D eigenvalue weighted by atomic mass is 16.4. The number of carboxylic acid groups (broad SMARTS) is 1. The lowest BCUT2D eigenvalue weighted by Crippen LogP contribution is -2.42. The molecule has 2 aromatic carbocycles. The number of benzene rings is 2. The fraction of sp³-hybridized carbons (Fsp3) is 0.125. The van der Waals surface area contributed by atoms with Gasteiger partial charge in [-0.3, -0.25) is 4.79 Å². The molecule has 0 radical (unpaired) electrons. The zero-order valence-electron chi connectivity index (χ0n) is 11.6. The van der Waals surface area contributed by atoms with E-state index in [9.17, 15) is 24.9 Å². The van der Waals surface area contributed by atoms with Gasteiger partial charge in [0.1, 0.15) is 17.5 Å². The predicted molar refractivity (Wildman–Crippen MR) is 78.8 cm³/mol. The summed E-state index contributed by atoms with van der Waals surface area (Å²) in [5.41, 5.74) is 0.669. The van der Waals surface area contributed by atoms with Crippen LogP contribution in [0.1, 0.15) is 15.9 Å². The van der Waals surface area contributed by atoms with E-state index in [0.29, 0.717) is 5.56 Å². The molecule has 2 rings (SSSR count). The molecule has 1 amide bonds. The Morgan fingerprint density at radius 1 is 1.00 bits per heavy atom. The summed E-state index contributed by atoms with van der Waals surface area (Å²) in [6.45, 7) is 0. The topological polar surface area (TPSA) is 107 Å². The summed E-state index contributed by atoms with van der Waals surface area (Å²) in [5.74, 6) is -1.98. The van der Waals surface area contributed by atoms with Gasteiger partial charge in [0.05, 0.1) is 5.56 Å². The van der Waals surface area contributed by atoms with Crippen molar-refractivity contribution in [2.45, 2.75) is 12.5 Å². The molecule has 0 saturated carbocycles. The third kappa shape index (κ3) is 3.76. The minimum Gasteiger partial charge on any atom is -0.508 e. The van der Waals surface area contributed by atoms with Gasteiger partial charge in [-0.1, -0.05) is 24.3 Å². The molecule has 0 aliphatic carbocycles. The van der Waals surface area contributed by atoms with Crippen LogP contribution in [-0.4, -0.2) is 33.2 Å². The van der Waals surface area contributed by atoms with Gasteiger partial charge in [-0.25, -0.2) is 4.79 Å². The van der Waals surface area contributed by atoms with Gasteiger partial charge in [0.25, 0.3) is 5.91 Å². The van der Waals surface area contributed by atoms with Gasteiger partial charge in [-0.15, -0.1) is 0 Å². The molecule has 2 aromatic rings. The van der Waals surface area contributed by atoms with Crippen molar-refractivity contribution in [2.24, 2.45) is 0 Å². The van der Waals surface area contributed by atoms with Crippen LogP contribution >= 0.6 is 0 Å². The molecule has 0 aliphatic rings. The standard InChI is InChI=1S/C16H15NO5/c18-11-7-5-10(6-8-11)9-13(16(21)22)17-15(20)12-3-1-2-4-14(12)19/h1-8,13,18-19H,9H2,(H,17,20)(H,21,22). The largest absolute Gasteiger partial charge is 0.508 e. The van der Waals surface area contributed by atoms with Crippen LogP contribution in [0.2, 0.25) is 0 Å². The predicted octanol–water partition coefficient (Wildman–Crippen LogP) is 1.52. The van der Waals surface area contributed by atoms with Crippen molar-refractivity contribution in [3.63, 3.8) is 0 Å². The highest BCUT2D eigenvalue weighted by Gasteiger charge is 2.22. The number of aliphatic carboxylic acids is 1. The molecular weight excluding hydrogens is 286 g/mol. The Balaban J connectivity index is 2.12. The lowest BCUT2D eigenvalue weighted by molar-refractivity contribution is -0.139. The molecule has 4 N–H and O–H groups in total. The second-order valence-electron chi connectivity index (χ2n) is 4.75. The van der Waals surface area contributed by atoms with Gasteiger partial charge in [-0.05, 0) is 29.8 Å². The molecule has 0 bridgehead atoms. The van der Waals surface area contributed by atoms with Crippen molar-refractivity contribution in [1.29, 1.82) is 0 Å². The number of carbonyl (C=O) groups excluding carboxylic acids is 1. The minimum atomic E-state index is -1.18. The molecule has 1 atom stereocenters. The first kappa shape index (κ1) is 15.4. The van der Waals surface area contributed by atoms with Gasteiger partial charge >= 0.3 is 5.97 Å². The average Bonchev–Trinajstić information content (AvgIpc) is 2.49. The second-order valence-corrected chi connectivity index (χ2v) is 4.75. The van der Waals surface area contributed by atoms with E-state index in [1.807, 2.05) is 0 Å². The quantitative estimate of drug-likeness (QED) is 0.670. The number of aromatic hydroxyl groups is 2. The van der Waals surface area contributed by atoms with E-state index in [0.717, 1.165) is 0 Å². The van der Waals surface area contributed by atoms with Crippen molar-refractivity contribution >= 4 is 11.9 Å². The Hall–Kier alpha value is -3.02. The van der Waals surface area contributed by atoms with Crippen LogP contribution in [0.25, 0.3) is 0 Å². The van der Waals surface area contributed by atoms with E-state index in [-0.39, 0.29) is 23.5 Å². The number of para-hydroxylation sites is 1. The third-order valence-corrected chi connectivity index (χ3v) is 3.13. The smallest absolute Gasteiger partial charge is 0.326 e. The maximum atomic E-state index is 12.1. The molecule has 0 saturated heterocycles. The SMILES string of the molecule is O=C(NC(Cc1ccc(O)cc1)C(=O)O)c1ccccc1O. The molecule has 6 nitrogen and oxygen atoms in total. The third-order valence-electron chi connectivity index (χ3n) is 3.13. The monoisotopic (exact) mass is 301 g/mol. The summed E-state index contributed by atoms with van der Waals surface area (Å²) < 4.78 is 0. The molecule has 0 fully saturated rings. The van der Waals surface area contributed by atoms with Crippen LogP contribution in [0.5, 0.6) is 11.5 Å². The van der Waals surface area contributed by atoms with Crippen molar-refractivity contribution in [2.75, 3.05) is 0 Å². The molecule has 1 unspecified atom stereocenters. The lowest BCUT2D eigenvalue weighted by Gasteiger charge is -2.15. The van der Waals surface area contributed by atoms with E-state index in [2.05, 4.69) is 5.32 Å². The van der Waals surface area contributed by atoms with Gasteiger partial charge in [-0.2, -0.15) is 0 Å². The second kappa shape index (κ2) is 6.62. The van der Waals surface area contributed by atoms with E-state index in [1.165, 1.54) is 24.3 Å². The Kier molecular flexibility index (Phi) is 4.63. The first-order valence-corrected chi connectivity index (χ1v) is 6.57. The maximum absolute atomic E-state index is 12.1. The van der Waals surface area contributed by atoms with E-state index < -0.39 is 17.9 Å². The van der Waals surface area contributed by atoms with Crippen LogP contribution < -0.4 is 5.32 Å². The molecule has 0 spiro atoms. The molecule has 0 aliphatic heterocycles. The lowest BCUT2D eigenvalue weighted by atomic mass is 10.1. The van der Waals surface area contributed by atoms with E-state index in [4.69, 9.17) is 0 Å². The van der Waals surface area contributed by atoms with Crippen LogP contribution in [0.15, 0.2) is 48.5 Å². The number of phenols is 2. The molecule has 22 heavy (non-hydrogen) atoms. The fourth-order valence-electron chi connectivity index (χ4n) is 1.97. The average molecular weight is 301 g/mol. The highest BCUT2D eigenvalue weighted by Crippen LogP contribution is 2.16. The number of nitrogens with one attached hydrogen (secondary N) is 1. The van der Waals surface area contributed by atoms with Crippen molar-refractivity contribution in [3.05, 3.63) is 59.7 Å². The summed E-state index contributed by atoms with van der Waals surface area (Å²) in [5, 5.41) is 30.4. The summed E-state index contributed by atoms with van der Waals surface area (Å²) >= 11 is 0. The van der Waals surface area contributed by atoms with Crippen LogP contribution in [-0.2, 0) is 11.2 Å². The van der Waals surface area contributed by atoms with Gasteiger partial charge in [0.15, 0.2) is 0 Å². The van der Waals surface area contributed by atoms with Crippen LogP contribution in [0, 0.1) is 0 Å². The number of amides is 1. The number of carbonyl (C=O) groups is 2. The number of rotatable bonds is 5. The fourth-order valence-corrected chi connectivity index (χ4v) is 1.97. The summed E-state index contributed by atoms with van der Waals surface area (Å²) in [6.07, 6.45) is 0.0644. The van der Waals surface area contributed by atoms with Crippen molar-refractivity contribution < 1.29 is 24.9 Å². The van der Waals surface area contributed by atoms with Crippen LogP contribution in [0.4, 0.5) is 0 Å². The molecule has 6 heteroatoms. The van der Waals surface area contributed by atoms with E-state index in [1.54, 1.807) is 24.3 Å². The van der Waals surface area contributed by atoms with Gasteiger partial charge < -0.3 is 20.6 Å². The highest BCUT2D eigenvalue weighted by molar-refractivity contribution is 5.98. The van der Waals surface area contributed by atoms with Gasteiger partial charge in [0.2, 0.25) is 0 Å². The van der Waals surface area contributed by atoms with Crippen molar-refractivity contribution in [3.8, 4) is 11.5 Å². The maximum Gasteiger partial charge on any atom is 0.326 e. The Morgan fingerprint density at radius 2 is 1.64 bits per heavy atom. The first-order chi connectivity index (χ1) is 10.5. The number of hydrogen-bond donors (Lipinski definition) is 4. The summed E-state index contributed by atoms with van der Waals surface area (Å²) in [7, 11) is 0. The Labute approximate surface area is 126 Å². The number of hydrogen-bond acceptors (Lipinski definition) is 4. The minimum absolute atomic E-state index is 0.0134. The summed E-state index contributed by atoms with van der Waals surface area (Å²) in [4.78, 5) is 23.3. The Morgan fingerprint density at radius 3 is 2.23 bits per heavy atom. The number of carboxylic acids is 1. The first-order valence-electron chi connectivity index (χ1n) is 6.57. The Bertz CT molecular complexity index is 681. The summed E-state index contributed by atoms with van der Waals surface area (Å²) in [6, 6.07) is 10.8. The number of phenolic OH excluding ortho intramolecular Hbond substituents is 2. The zero-order chi connectivity index (χ0) is 16.1. The van der Waals surface area contributed by atoms with E-state index >= 15 is 0 Å². The van der Waals surface area contributed by atoms with Crippen molar-refractivity contribution in [1.82, 2.24) is 5.32 Å². The molecule has 114 valence electrons. The molecule has 0 aromatic heterocycles.